The van der Waals surface area contributed by atoms with Gasteiger partial charge in [-0.1, -0.05) is 13.8 Å². The molecule has 5 nitrogen and oxygen atoms in total. The van der Waals surface area contributed by atoms with Gasteiger partial charge in [-0.3, -0.25) is 4.72 Å². The molecule has 9 heteroatoms. The highest BCUT2D eigenvalue weighted by molar-refractivity contribution is 7.92. The van der Waals surface area contributed by atoms with Crippen molar-refractivity contribution in [2.75, 3.05) is 17.0 Å². The molecule has 0 fully saturated rings. The zero-order valence-electron chi connectivity index (χ0n) is 11.6. The molecule has 0 atom stereocenters. The van der Waals surface area contributed by atoms with Crippen LogP contribution in [0.25, 0.3) is 0 Å². The van der Waals surface area contributed by atoms with E-state index in [1.54, 1.807) is 0 Å². The first-order valence-corrected chi connectivity index (χ1v) is 7.82. The highest BCUT2D eigenvalue weighted by atomic mass is 32.2. The van der Waals surface area contributed by atoms with Crippen LogP contribution in [0.1, 0.15) is 13.8 Å². The molecule has 2 N–H and O–H groups in total. The molecule has 0 aliphatic rings. The monoisotopic (exact) mass is 326 g/mol. The Labute approximate surface area is 121 Å². The largest absolute Gasteiger partial charge is 0.573 e. The number of alkyl halides is 3. The first kappa shape index (κ1) is 17.6. The Balaban J connectivity index is 2.58. The maximum Gasteiger partial charge on any atom is 0.573 e. The number of benzene rings is 1. The van der Waals surface area contributed by atoms with Crippen molar-refractivity contribution < 1.29 is 26.3 Å². The van der Waals surface area contributed by atoms with E-state index in [4.69, 9.17) is 0 Å². The van der Waals surface area contributed by atoms with Crippen LogP contribution in [-0.4, -0.2) is 33.1 Å². The van der Waals surface area contributed by atoms with Crippen molar-refractivity contribution in [1.29, 1.82) is 0 Å². The first-order chi connectivity index (χ1) is 9.57. The Morgan fingerprint density at radius 2 is 1.76 bits per heavy atom. The van der Waals surface area contributed by atoms with Gasteiger partial charge in [-0.2, -0.15) is 0 Å². The van der Waals surface area contributed by atoms with Crippen molar-refractivity contribution in [3.63, 3.8) is 0 Å². The van der Waals surface area contributed by atoms with E-state index in [0.29, 0.717) is 0 Å². The highest BCUT2D eigenvalue weighted by Gasteiger charge is 2.30. The number of anilines is 1. The van der Waals surface area contributed by atoms with Crippen LogP contribution >= 0.6 is 0 Å². The average Bonchev–Trinajstić information content (AvgIpc) is 2.28. The first-order valence-electron chi connectivity index (χ1n) is 6.17. The van der Waals surface area contributed by atoms with Gasteiger partial charge in [0, 0.05) is 18.3 Å². The van der Waals surface area contributed by atoms with E-state index in [0.717, 1.165) is 12.1 Å². The van der Waals surface area contributed by atoms with Crippen molar-refractivity contribution in [3.8, 4) is 5.75 Å². The lowest BCUT2D eigenvalue weighted by molar-refractivity contribution is -0.274. The van der Waals surface area contributed by atoms with Crippen molar-refractivity contribution in [2.24, 2.45) is 0 Å². The van der Waals surface area contributed by atoms with Gasteiger partial charge in [0.15, 0.2) is 0 Å². The molecule has 0 heterocycles. The van der Waals surface area contributed by atoms with E-state index >= 15 is 0 Å². The molecule has 0 unspecified atom stereocenters. The van der Waals surface area contributed by atoms with Crippen molar-refractivity contribution >= 4 is 15.7 Å². The Hall–Kier alpha value is -1.48. The van der Waals surface area contributed by atoms with Crippen LogP contribution < -0.4 is 14.8 Å². The van der Waals surface area contributed by atoms with Gasteiger partial charge in [0.1, 0.15) is 5.75 Å². The number of ether oxygens (including phenoxy) is 1. The summed E-state index contributed by atoms with van der Waals surface area (Å²) in [6.45, 7) is 4.06. The lowest BCUT2D eigenvalue weighted by atomic mass is 10.3. The van der Waals surface area contributed by atoms with Crippen LogP contribution in [0, 0.1) is 0 Å². The van der Waals surface area contributed by atoms with Crippen LogP contribution in [0.4, 0.5) is 18.9 Å². The fourth-order valence-corrected chi connectivity index (χ4v) is 2.42. The number of rotatable bonds is 7. The fraction of sp³-hybridized carbons (Fsp3) is 0.500. The summed E-state index contributed by atoms with van der Waals surface area (Å²) in [4.78, 5) is 0. The number of hydrogen-bond acceptors (Lipinski definition) is 4. The second kappa shape index (κ2) is 6.99. The molecule has 0 bridgehead atoms. The molecule has 1 rings (SSSR count). The predicted octanol–water partition coefficient (Wildman–Crippen LogP) is 2.32. The summed E-state index contributed by atoms with van der Waals surface area (Å²) >= 11 is 0. The summed E-state index contributed by atoms with van der Waals surface area (Å²) in [5, 5.41) is 2.96. The summed E-state index contributed by atoms with van der Waals surface area (Å²) in [5.41, 5.74) is 0.175. The number of nitrogens with one attached hydrogen (secondary N) is 2. The smallest absolute Gasteiger partial charge is 0.406 e. The van der Waals surface area contributed by atoms with E-state index in [-0.39, 0.29) is 24.0 Å². The van der Waals surface area contributed by atoms with Crippen LogP contribution in [0.5, 0.6) is 5.75 Å². The van der Waals surface area contributed by atoms with Gasteiger partial charge in [0.2, 0.25) is 10.0 Å². The van der Waals surface area contributed by atoms with E-state index in [1.807, 2.05) is 13.8 Å². The second-order valence-corrected chi connectivity index (χ2v) is 6.44. The third-order valence-corrected chi connectivity index (χ3v) is 3.57. The van der Waals surface area contributed by atoms with E-state index in [9.17, 15) is 21.6 Å². The van der Waals surface area contributed by atoms with Gasteiger partial charge in [0.25, 0.3) is 0 Å². The Kier molecular flexibility index (Phi) is 5.85. The quantitative estimate of drug-likeness (QED) is 0.807. The standard InChI is InChI=1S/C12H17F3N2O3S/c1-9(2)16-7-8-21(18,19)17-10-3-5-11(6-4-10)20-12(13,14)15/h3-6,9,16-17H,7-8H2,1-2H3. The van der Waals surface area contributed by atoms with Crippen LogP contribution in [0.3, 0.4) is 0 Å². The molecule has 120 valence electrons. The Morgan fingerprint density at radius 3 is 2.24 bits per heavy atom. The molecular weight excluding hydrogens is 309 g/mol. The maximum atomic E-state index is 12.0. The summed E-state index contributed by atoms with van der Waals surface area (Å²) < 4.78 is 65.4. The third kappa shape index (κ3) is 7.76. The fourth-order valence-electron chi connectivity index (χ4n) is 1.44. The number of halogens is 3. The van der Waals surface area contributed by atoms with Gasteiger partial charge in [-0.25, -0.2) is 8.42 Å². The van der Waals surface area contributed by atoms with Crippen molar-refractivity contribution in [1.82, 2.24) is 5.32 Å². The molecule has 1 aromatic rings. The summed E-state index contributed by atoms with van der Waals surface area (Å²) in [5.74, 6) is -0.543. The molecule has 0 saturated heterocycles. The van der Waals surface area contributed by atoms with Gasteiger partial charge in [-0.05, 0) is 24.3 Å². The maximum absolute atomic E-state index is 12.0. The van der Waals surface area contributed by atoms with Gasteiger partial charge < -0.3 is 10.1 Å². The average molecular weight is 326 g/mol. The van der Waals surface area contributed by atoms with E-state index in [2.05, 4.69) is 14.8 Å². The molecule has 0 spiro atoms. The van der Waals surface area contributed by atoms with Crippen LogP contribution in [0.2, 0.25) is 0 Å². The minimum absolute atomic E-state index is 0.133. The molecule has 1 aromatic carbocycles. The molecule has 0 radical (unpaired) electrons. The lowest BCUT2D eigenvalue weighted by Gasteiger charge is -2.12. The van der Waals surface area contributed by atoms with E-state index in [1.165, 1.54) is 12.1 Å². The Morgan fingerprint density at radius 1 is 1.19 bits per heavy atom. The van der Waals surface area contributed by atoms with Crippen molar-refractivity contribution in [2.45, 2.75) is 26.3 Å². The second-order valence-electron chi connectivity index (χ2n) is 4.60. The topological polar surface area (TPSA) is 67.4 Å². The number of hydrogen-bond donors (Lipinski definition) is 2. The molecular formula is C12H17F3N2O3S. The normalized spacial score (nSPS) is 12.5. The van der Waals surface area contributed by atoms with Crippen LogP contribution in [-0.2, 0) is 10.0 Å². The number of sulfonamides is 1. The third-order valence-electron chi connectivity index (χ3n) is 2.28. The molecule has 0 amide bonds. The molecule has 0 aliphatic heterocycles. The Bertz CT molecular complexity index is 542. The van der Waals surface area contributed by atoms with Crippen molar-refractivity contribution in [3.05, 3.63) is 24.3 Å². The van der Waals surface area contributed by atoms with Gasteiger partial charge in [0.05, 0.1) is 5.75 Å². The predicted molar refractivity (Wildman–Crippen MR) is 73.7 cm³/mol. The van der Waals surface area contributed by atoms with Gasteiger partial charge >= 0.3 is 6.36 Å². The van der Waals surface area contributed by atoms with Gasteiger partial charge in [-0.15, -0.1) is 13.2 Å². The van der Waals surface area contributed by atoms with E-state index < -0.39 is 22.1 Å². The SMILES string of the molecule is CC(C)NCCS(=O)(=O)Nc1ccc(OC(F)(F)F)cc1. The van der Waals surface area contributed by atoms with Crippen LogP contribution in [0.15, 0.2) is 24.3 Å². The molecule has 0 aliphatic carbocycles. The molecule has 0 aromatic heterocycles. The molecule has 0 saturated carbocycles. The summed E-state index contributed by atoms with van der Waals surface area (Å²) in [6.07, 6.45) is -4.77. The summed E-state index contributed by atoms with van der Waals surface area (Å²) in [7, 11) is -3.55. The lowest BCUT2D eigenvalue weighted by Crippen LogP contribution is -2.30. The zero-order chi connectivity index (χ0) is 16.1. The minimum atomic E-state index is -4.77. The summed E-state index contributed by atoms with van der Waals surface area (Å²) in [6, 6.07) is 4.65. The minimum Gasteiger partial charge on any atom is -0.406 e. The molecule has 21 heavy (non-hydrogen) atoms. The highest BCUT2D eigenvalue weighted by Crippen LogP contribution is 2.24. The zero-order valence-corrected chi connectivity index (χ0v) is 12.4.